The maximum atomic E-state index is 10.9. The first-order valence-electron chi connectivity index (χ1n) is 4.33. The first-order valence-corrected chi connectivity index (χ1v) is 4.33. The van der Waals surface area contributed by atoms with E-state index in [1.165, 1.54) is 0 Å². The molecule has 1 amide bonds. The second kappa shape index (κ2) is 6.85. The molecule has 0 aliphatic heterocycles. The third kappa shape index (κ3) is 5.92. The molecule has 0 spiro atoms. The van der Waals surface area contributed by atoms with E-state index in [9.17, 15) is 4.79 Å². The summed E-state index contributed by atoms with van der Waals surface area (Å²) in [6.07, 6.45) is 3.45. The zero-order chi connectivity index (χ0) is 9.40. The number of nitrogens with zero attached hydrogens (tertiary/aromatic N) is 1. The van der Waals surface area contributed by atoms with Crippen molar-refractivity contribution < 1.29 is 4.79 Å². The highest BCUT2D eigenvalue weighted by molar-refractivity contribution is 5.87. The highest BCUT2D eigenvalue weighted by atomic mass is 16.1. The monoisotopic (exact) mass is 170 g/mol. The predicted octanol–water partition coefficient (Wildman–Crippen LogP) is 0.630. The van der Waals surface area contributed by atoms with Crippen molar-refractivity contribution in [3.05, 3.63) is 12.2 Å². The van der Waals surface area contributed by atoms with Gasteiger partial charge in [0.25, 0.3) is 0 Å². The van der Waals surface area contributed by atoms with Gasteiger partial charge in [0.05, 0.1) is 0 Å². The fraction of sp³-hybridized carbons (Fsp3) is 0.667. The van der Waals surface area contributed by atoms with E-state index in [2.05, 4.69) is 17.1 Å². The number of amides is 1. The van der Waals surface area contributed by atoms with Crippen molar-refractivity contribution in [1.82, 2.24) is 10.2 Å². The molecule has 0 aliphatic carbocycles. The van der Waals surface area contributed by atoms with Gasteiger partial charge >= 0.3 is 0 Å². The lowest BCUT2D eigenvalue weighted by atomic mass is 10.4. The molecule has 0 rings (SSSR count). The Hall–Kier alpha value is -0.830. The summed E-state index contributed by atoms with van der Waals surface area (Å²) >= 11 is 0. The van der Waals surface area contributed by atoms with Crippen molar-refractivity contribution in [3.63, 3.8) is 0 Å². The maximum Gasteiger partial charge on any atom is 0.243 e. The summed E-state index contributed by atoms with van der Waals surface area (Å²) in [6.45, 7) is 6.50. The highest BCUT2D eigenvalue weighted by Gasteiger charge is 1.91. The third-order valence-corrected chi connectivity index (χ3v) is 1.58. The minimum absolute atomic E-state index is 0.0120. The summed E-state index contributed by atoms with van der Waals surface area (Å²) in [6, 6.07) is 0. The van der Waals surface area contributed by atoms with Gasteiger partial charge in [0.15, 0.2) is 0 Å². The molecule has 12 heavy (non-hydrogen) atoms. The van der Waals surface area contributed by atoms with E-state index in [1.54, 1.807) is 6.08 Å². The average Bonchev–Trinajstić information content (AvgIpc) is 2.04. The maximum absolute atomic E-state index is 10.9. The molecule has 1 N–H and O–H groups in total. The first kappa shape index (κ1) is 11.2. The van der Waals surface area contributed by atoms with E-state index in [0.717, 1.165) is 13.1 Å². The molecule has 0 aromatic rings. The second-order valence-corrected chi connectivity index (χ2v) is 2.65. The zero-order valence-corrected chi connectivity index (χ0v) is 8.13. The lowest BCUT2D eigenvalue weighted by molar-refractivity contribution is -0.116. The molecule has 3 heteroatoms. The largest absolute Gasteiger partial charge is 0.353 e. The fourth-order valence-electron chi connectivity index (χ4n) is 0.702. The van der Waals surface area contributed by atoms with Gasteiger partial charge in [-0.2, -0.15) is 0 Å². The summed E-state index contributed by atoms with van der Waals surface area (Å²) in [4.78, 5) is 13.0. The van der Waals surface area contributed by atoms with Gasteiger partial charge < -0.3 is 10.2 Å². The van der Waals surface area contributed by atoms with E-state index in [0.29, 0.717) is 6.54 Å². The minimum atomic E-state index is -0.0120. The summed E-state index contributed by atoms with van der Waals surface area (Å²) in [5.74, 6) is -0.0120. The van der Waals surface area contributed by atoms with E-state index in [4.69, 9.17) is 0 Å². The lowest BCUT2D eigenvalue weighted by Gasteiger charge is -2.09. The van der Waals surface area contributed by atoms with Crippen LogP contribution in [0.1, 0.15) is 13.8 Å². The van der Waals surface area contributed by atoms with Crippen LogP contribution in [0.25, 0.3) is 0 Å². The summed E-state index contributed by atoms with van der Waals surface area (Å²) in [7, 11) is 2.02. The molecule has 0 atom stereocenters. The van der Waals surface area contributed by atoms with Gasteiger partial charge in [0.1, 0.15) is 0 Å². The van der Waals surface area contributed by atoms with E-state index >= 15 is 0 Å². The molecular formula is C9H18N2O. The Morgan fingerprint density at radius 2 is 2.17 bits per heavy atom. The number of nitrogens with one attached hydrogen (secondary N) is 1. The Morgan fingerprint density at radius 1 is 1.50 bits per heavy atom. The van der Waals surface area contributed by atoms with Crippen LogP contribution < -0.4 is 5.32 Å². The van der Waals surface area contributed by atoms with Gasteiger partial charge in [0.2, 0.25) is 5.91 Å². The molecule has 70 valence electrons. The average molecular weight is 170 g/mol. The van der Waals surface area contributed by atoms with Gasteiger partial charge in [0, 0.05) is 19.2 Å². The van der Waals surface area contributed by atoms with Gasteiger partial charge in [-0.25, -0.2) is 0 Å². The zero-order valence-electron chi connectivity index (χ0n) is 8.13. The Bertz CT molecular complexity index is 155. The Labute approximate surface area is 74.4 Å². The predicted molar refractivity (Wildman–Crippen MR) is 51.0 cm³/mol. The lowest BCUT2D eigenvalue weighted by Crippen LogP contribution is -2.21. The van der Waals surface area contributed by atoms with Crippen LogP contribution in [0.3, 0.4) is 0 Å². The van der Waals surface area contributed by atoms with Crippen LogP contribution >= 0.6 is 0 Å². The van der Waals surface area contributed by atoms with Crippen LogP contribution in [0.4, 0.5) is 0 Å². The number of carbonyl (C=O) groups is 1. The van der Waals surface area contributed by atoms with Crippen LogP contribution in [0.15, 0.2) is 12.2 Å². The molecule has 0 aromatic heterocycles. The van der Waals surface area contributed by atoms with Crippen LogP contribution in [0.5, 0.6) is 0 Å². The normalized spacial score (nSPS) is 11.0. The molecule has 0 heterocycles. The first-order chi connectivity index (χ1) is 5.70. The summed E-state index contributed by atoms with van der Waals surface area (Å²) in [5, 5.41) is 2.69. The Kier molecular flexibility index (Phi) is 6.38. The summed E-state index contributed by atoms with van der Waals surface area (Å²) < 4.78 is 0. The SMILES string of the molecule is CCNC(=O)/C=C/CN(C)CC. The van der Waals surface area contributed by atoms with Crippen molar-refractivity contribution in [3.8, 4) is 0 Å². The standard InChI is InChI=1S/C9H18N2O/c1-4-10-9(12)7-6-8-11(3)5-2/h6-7H,4-5,8H2,1-3H3,(H,10,12)/b7-6+. The van der Waals surface area contributed by atoms with Crippen LogP contribution in [0.2, 0.25) is 0 Å². The quantitative estimate of drug-likeness (QED) is 0.614. The molecule has 0 unspecified atom stereocenters. The molecule has 0 aliphatic rings. The molecular weight excluding hydrogens is 152 g/mol. The Morgan fingerprint density at radius 3 is 2.67 bits per heavy atom. The molecule has 3 nitrogen and oxygen atoms in total. The fourth-order valence-corrected chi connectivity index (χ4v) is 0.702. The third-order valence-electron chi connectivity index (χ3n) is 1.58. The number of rotatable bonds is 5. The second-order valence-electron chi connectivity index (χ2n) is 2.65. The van der Waals surface area contributed by atoms with Gasteiger partial charge in [-0.15, -0.1) is 0 Å². The molecule has 0 bridgehead atoms. The van der Waals surface area contributed by atoms with Gasteiger partial charge in [-0.05, 0) is 20.5 Å². The van der Waals surface area contributed by atoms with Crippen molar-refractivity contribution in [2.45, 2.75) is 13.8 Å². The number of carbonyl (C=O) groups excluding carboxylic acids is 1. The van der Waals surface area contributed by atoms with Crippen LogP contribution in [-0.4, -0.2) is 37.5 Å². The van der Waals surface area contributed by atoms with E-state index in [-0.39, 0.29) is 5.91 Å². The van der Waals surface area contributed by atoms with E-state index in [1.807, 2.05) is 20.0 Å². The highest BCUT2D eigenvalue weighted by Crippen LogP contribution is 1.81. The van der Waals surface area contributed by atoms with Crippen molar-refractivity contribution in [1.29, 1.82) is 0 Å². The van der Waals surface area contributed by atoms with Crippen molar-refractivity contribution >= 4 is 5.91 Å². The van der Waals surface area contributed by atoms with Gasteiger partial charge in [-0.1, -0.05) is 13.0 Å². The molecule has 0 radical (unpaired) electrons. The number of hydrogen-bond acceptors (Lipinski definition) is 2. The molecule has 0 saturated carbocycles. The van der Waals surface area contributed by atoms with Crippen LogP contribution in [-0.2, 0) is 4.79 Å². The number of likely N-dealkylation sites (N-methyl/N-ethyl adjacent to an activating group) is 2. The van der Waals surface area contributed by atoms with Crippen LogP contribution in [0, 0.1) is 0 Å². The summed E-state index contributed by atoms with van der Waals surface area (Å²) in [5.41, 5.74) is 0. The minimum Gasteiger partial charge on any atom is -0.353 e. The topological polar surface area (TPSA) is 32.3 Å². The van der Waals surface area contributed by atoms with Gasteiger partial charge in [-0.3, -0.25) is 4.79 Å². The van der Waals surface area contributed by atoms with E-state index < -0.39 is 0 Å². The van der Waals surface area contributed by atoms with Crippen molar-refractivity contribution in [2.75, 3.05) is 26.7 Å². The molecule has 0 aromatic carbocycles. The van der Waals surface area contributed by atoms with Crippen molar-refractivity contribution in [2.24, 2.45) is 0 Å². The smallest absolute Gasteiger partial charge is 0.243 e. The molecule has 0 saturated heterocycles. The number of hydrogen-bond donors (Lipinski definition) is 1. The molecule has 0 fully saturated rings. The Balaban J connectivity index is 3.54.